The summed E-state index contributed by atoms with van der Waals surface area (Å²) >= 11 is 0. The molecule has 0 saturated carbocycles. The van der Waals surface area contributed by atoms with Crippen molar-refractivity contribution in [1.82, 2.24) is 25.0 Å². The lowest BCUT2D eigenvalue weighted by Gasteiger charge is -2.38. The fraction of sp³-hybridized carbons (Fsp3) is 0.688. The summed E-state index contributed by atoms with van der Waals surface area (Å²) in [6.45, 7) is 6.60. The molecular weight excluding hydrogens is 292 g/mol. The Balaban J connectivity index is 1.67. The van der Waals surface area contributed by atoms with Crippen molar-refractivity contribution in [2.24, 2.45) is 7.05 Å². The van der Waals surface area contributed by atoms with Crippen LogP contribution in [0.15, 0.2) is 0 Å². The topological polar surface area (TPSA) is 71.9 Å². The maximum atomic E-state index is 5.79. The number of morpholine rings is 1. The van der Waals surface area contributed by atoms with Crippen molar-refractivity contribution in [2.75, 3.05) is 24.6 Å². The van der Waals surface area contributed by atoms with Gasteiger partial charge >= 0.3 is 0 Å². The number of aromatic amines is 1. The molecule has 2 aromatic heterocycles. The van der Waals surface area contributed by atoms with Crippen molar-refractivity contribution in [3.8, 4) is 11.5 Å². The van der Waals surface area contributed by atoms with Gasteiger partial charge in [0.25, 0.3) is 0 Å². The first-order valence-corrected chi connectivity index (χ1v) is 8.40. The molecule has 1 aliphatic heterocycles. The van der Waals surface area contributed by atoms with Crippen molar-refractivity contribution in [2.45, 2.75) is 45.1 Å². The third-order valence-corrected chi connectivity index (χ3v) is 4.83. The molecule has 1 saturated heterocycles. The van der Waals surface area contributed by atoms with E-state index in [9.17, 15) is 0 Å². The second-order valence-corrected chi connectivity index (χ2v) is 7.15. The Morgan fingerprint density at radius 3 is 2.83 bits per heavy atom. The maximum Gasteiger partial charge on any atom is 0.227 e. The SMILES string of the molecule is Cn1c(-c2n[nH]c3c2CCCC3)nnc1N1CCOC(C)(C)C1. The molecule has 7 nitrogen and oxygen atoms in total. The number of rotatable bonds is 2. The molecule has 0 unspecified atom stereocenters. The van der Waals surface area contributed by atoms with E-state index in [1.54, 1.807) is 0 Å². The van der Waals surface area contributed by atoms with Gasteiger partial charge in [-0.15, -0.1) is 10.2 Å². The third-order valence-electron chi connectivity index (χ3n) is 4.83. The lowest BCUT2D eigenvalue weighted by molar-refractivity contribution is -0.0282. The molecule has 0 atom stereocenters. The predicted octanol–water partition coefficient (Wildman–Crippen LogP) is 1.70. The van der Waals surface area contributed by atoms with Crippen LogP contribution in [0.5, 0.6) is 0 Å². The van der Waals surface area contributed by atoms with Crippen molar-refractivity contribution >= 4 is 5.95 Å². The lowest BCUT2D eigenvalue weighted by Crippen LogP contribution is -2.49. The lowest BCUT2D eigenvalue weighted by atomic mass is 9.96. The number of nitrogens with zero attached hydrogens (tertiary/aromatic N) is 5. The van der Waals surface area contributed by atoms with Gasteiger partial charge in [0, 0.05) is 31.4 Å². The van der Waals surface area contributed by atoms with Crippen LogP contribution in [0.4, 0.5) is 5.95 Å². The van der Waals surface area contributed by atoms with Crippen LogP contribution in [0.1, 0.15) is 37.9 Å². The molecule has 0 aromatic carbocycles. The average Bonchev–Trinajstić information content (AvgIpc) is 3.09. The summed E-state index contributed by atoms with van der Waals surface area (Å²) in [6.07, 6.45) is 4.63. The molecule has 2 aliphatic rings. The first-order valence-electron chi connectivity index (χ1n) is 8.40. The van der Waals surface area contributed by atoms with Crippen molar-refractivity contribution in [3.63, 3.8) is 0 Å². The predicted molar refractivity (Wildman–Crippen MR) is 87.5 cm³/mol. The van der Waals surface area contributed by atoms with Gasteiger partial charge < -0.3 is 9.64 Å². The van der Waals surface area contributed by atoms with Gasteiger partial charge in [0.1, 0.15) is 5.69 Å². The molecule has 2 aromatic rings. The van der Waals surface area contributed by atoms with Gasteiger partial charge in [-0.1, -0.05) is 0 Å². The third kappa shape index (κ3) is 2.52. The van der Waals surface area contributed by atoms with Crippen molar-refractivity contribution < 1.29 is 4.74 Å². The Labute approximate surface area is 136 Å². The van der Waals surface area contributed by atoms with Crippen LogP contribution >= 0.6 is 0 Å². The van der Waals surface area contributed by atoms with Gasteiger partial charge in [-0.3, -0.25) is 9.67 Å². The van der Waals surface area contributed by atoms with E-state index in [4.69, 9.17) is 4.74 Å². The standard InChI is InChI=1S/C16H24N6O/c1-16(2)10-22(8-9-23-16)15-20-19-14(21(15)3)13-11-6-4-5-7-12(11)17-18-13/h4-10H2,1-3H3,(H,17,18). The smallest absolute Gasteiger partial charge is 0.227 e. The Morgan fingerprint density at radius 2 is 2.00 bits per heavy atom. The van der Waals surface area contributed by atoms with E-state index in [0.717, 1.165) is 43.4 Å². The van der Waals surface area contributed by atoms with E-state index in [2.05, 4.69) is 43.7 Å². The molecule has 23 heavy (non-hydrogen) atoms. The van der Waals surface area contributed by atoms with Crippen LogP contribution in [0, 0.1) is 0 Å². The van der Waals surface area contributed by atoms with Crippen LogP contribution in [-0.2, 0) is 24.6 Å². The molecular formula is C16H24N6O. The summed E-state index contributed by atoms with van der Waals surface area (Å²) in [5.74, 6) is 1.74. The molecule has 3 heterocycles. The number of H-pyrrole nitrogens is 1. The van der Waals surface area contributed by atoms with Gasteiger partial charge in [-0.25, -0.2) is 0 Å². The summed E-state index contributed by atoms with van der Waals surface area (Å²) in [7, 11) is 2.02. The highest BCUT2D eigenvalue weighted by Crippen LogP contribution is 2.30. The molecule has 0 amide bonds. The molecule has 7 heteroatoms. The molecule has 124 valence electrons. The molecule has 4 rings (SSSR count). The van der Waals surface area contributed by atoms with E-state index in [1.165, 1.54) is 24.1 Å². The van der Waals surface area contributed by atoms with E-state index >= 15 is 0 Å². The molecule has 1 N–H and O–H groups in total. The molecule has 0 bridgehead atoms. The second kappa shape index (κ2) is 5.33. The normalized spacial score (nSPS) is 20.6. The summed E-state index contributed by atoms with van der Waals surface area (Å²) in [5.41, 5.74) is 3.40. The summed E-state index contributed by atoms with van der Waals surface area (Å²) in [4.78, 5) is 2.25. The minimum atomic E-state index is -0.157. The minimum Gasteiger partial charge on any atom is -0.372 e. The Kier molecular flexibility index (Phi) is 3.41. The first-order chi connectivity index (χ1) is 11.1. The Bertz CT molecular complexity index is 716. The van der Waals surface area contributed by atoms with Gasteiger partial charge in [0.15, 0.2) is 5.82 Å². The zero-order valence-corrected chi connectivity index (χ0v) is 14.1. The first kappa shape index (κ1) is 14.7. The van der Waals surface area contributed by atoms with Crippen LogP contribution in [0.2, 0.25) is 0 Å². The number of hydrogen-bond acceptors (Lipinski definition) is 5. The van der Waals surface area contributed by atoms with E-state index in [-0.39, 0.29) is 5.60 Å². The van der Waals surface area contributed by atoms with Gasteiger partial charge in [0.2, 0.25) is 5.95 Å². The largest absolute Gasteiger partial charge is 0.372 e. The van der Waals surface area contributed by atoms with Gasteiger partial charge in [0.05, 0.1) is 12.2 Å². The van der Waals surface area contributed by atoms with Crippen LogP contribution in [0.3, 0.4) is 0 Å². The van der Waals surface area contributed by atoms with Crippen LogP contribution < -0.4 is 4.90 Å². The number of aryl methyl sites for hydroxylation is 1. The van der Waals surface area contributed by atoms with Crippen LogP contribution in [0.25, 0.3) is 11.5 Å². The number of anilines is 1. The highest BCUT2D eigenvalue weighted by Gasteiger charge is 2.31. The minimum absolute atomic E-state index is 0.157. The molecule has 0 spiro atoms. The van der Waals surface area contributed by atoms with E-state index < -0.39 is 0 Å². The molecule has 1 aliphatic carbocycles. The average molecular weight is 316 g/mol. The second-order valence-electron chi connectivity index (χ2n) is 7.15. The van der Waals surface area contributed by atoms with Crippen LogP contribution in [-0.4, -0.2) is 50.3 Å². The van der Waals surface area contributed by atoms with Crippen molar-refractivity contribution in [1.29, 1.82) is 0 Å². The number of nitrogens with one attached hydrogen (secondary N) is 1. The highest BCUT2D eigenvalue weighted by molar-refractivity contribution is 5.59. The number of ether oxygens (including phenoxy) is 1. The number of aromatic nitrogens is 5. The van der Waals surface area contributed by atoms with E-state index in [0.29, 0.717) is 6.61 Å². The van der Waals surface area contributed by atoms with Gasteiger partial charge in [-0.05, 0) is 39.5 Å². The summed E-state index contributed by atoms with van der Waals surface area (Å²) in [6, 6.07) is 0. The number of fused-ring (bicyclic) bond motifs is 1. The fourth-order valence-corrected chi connectivity index (χ4v) is 3.66. The number of hydrogen-bond donors (Lipinski definition) is 1. The maximum absolute atomic E-state index is 5.79. The zero-order valence-electron chi connectivity index (χ0n) is 14.1. The fourth-order valence-electron chi connectivity index (χ4n) is 3.66. The zero-order chi connectivity index (χ0) is 16.0. The quantitative estimate of drug-likeness (QED) is 0.913. The van der Waals surface area contributed by atoms with Gasteiger partial charge in [-0.2, -0.15) is 5.10 Å². The summed E-state index contributed by atoms with van der Waals surface area (Å²) in [5, 5.41) is 16.6. The van der Waals surface area contributed by atoms with Crippen molar-refractivity contribution in [3.05, 3.63) is 11.3 Å². The molecule has 0 radical (unpaired) electrons. The summed E-state index contributed by atoms with van der Waals surface area (Å²) < 4.78 is 7.86. The Morgan fingerprint density at radius 1 is 1.17 bits per heavy atom. The van der Waals surface area contributed by atoms with E-state index in [1.807, 2.05) is 7.05 Å². The Hall–Kier alpha value is -1.89. The molecule has 1 fully saturated rings. The highest BCUT2D eigenvalue weighted by atomic mass is 16.5. The monoisotopic (exact) mass is 316 g/mol.